The maximum absolute atomic E-state index is 12.9. The quantitative estimate of drug-likeness (QED) is 0.0134. The lowest BCUT2D eigenvalue weighted by Crippen LogP contribution is -2.74. The number of carbonyl (C=O) groups excluding carboxylic acids is 1. The van der Waals surface area contributed by atoms with Gasteiger partial charge < -0.3 is 95.1 Å². The third-order valence-corrected chi connectivity index (χ3v) is 17.7. The van der Waals surface area contributed by atoms with E-state index >= 15 is 0 Å². The molecule has 7 aliphatic rings. The van der Waals surface area contributed by atoms with Crippen molar-refractivity contribution in [2.75, 3.05) is 26.6 Å². The van der Waals surface area contributed by atoms with Crippen LogP contribution in [0.3, 0.4) is 0 Å². The van der Waals surface area contributed by atoms with Crippen molar-refractivity contribution < 1.29 is 172 Å². The molecular formula is C39H58O38S6-8. The molecule has 0 N–H and O–H groups in total. The molecule has 25 atom stereocenters. The fourth-order valence-electron chi connectivity index (χ4n) is 10.6. The van der Waals surface area contributed by atoms with Gasteiger partial charge in [-0.15, -0.1) is 4.33 Å². The van der Waals surface area contributed by atoms with Gasteiger partial charge in [-0.05, 0) is 37.9 Å². The van der Waals surface area contributed by atoms with Crippen LogP contribution >= 0.6 is 12.3 Å². The minimum absolute atomic E-state index is 0.0257. The van der Waals surface area contributed by atoms with E-state index in [9.17, 15) is 85.1 Å². The summed E-state index contributed by atoms with van der Waals surface area (Å²) in [7, 11) is -29.0. The standard InChI is InChI=1S/C39H65O38S6/c1-9-21-27(29(72-78-77-76-43)26(20(8)63-21)73-81(50,51)52)68-38-25-19(7)33(39(71-38,12-59-25)60-13-40)70-37-32(75-83(56,57)58)30(74-82(53,54)55)28(23(65-37)11-62-80(47,48)49)67-36-18(6)16(4)24(31(69-36)34(41)42)66-35-17(5)14(2)15(3)22(64-35)10-61-79(44,45)46/h14-33,35-38,43H,9-13H2,1-8H3,(H,41,42)(H,44,45,46)(H,47,48,49)(H,50,51,52)(H,53,54,55)(H,56,57,58)/q-1/p-7/t14?,15-,16?,17?,18?,19?,20+,21+,22+,23?,24-,25+,26?,27+,28?,29?,30-,31-,32?,33?,35+,36-,37-,38-,39?/m0/s1. The Balaban J connectivity index is 1.34. The summed E-state index contributed by atoms with van der Waals surface area (Å²) in [6, 6.07) is 0. The second-order valence-electron chi connectivity index (χ2n) is 20.0. The fraction of sp³-hybridized carbons (Fsp3) is 0.974. The molecule has 12 unspecified atom stereocenters. The van der Waals surface area contributed by atoms with Gasteiger partial charge in [-0.1, -0.05) is 48.5 Å². The van der Waals surface area contributed by atoms with Gasteiger partial charge in [0.1, 0.15) is 61.5 Å². The number of fused-ring (bicyclic) bond motifs is 3. The van der Waals surface area contributed by atoms with Gasteiger partial charge in [-0.25, -0.2) is 42.1 Å². The molecule has 486 valence electrons. The summed E-state index contributed by atoms with van der Waals surface area (Å²) in [6.07, 6.45) is -34.7. The SMILES string of the molecule is CC[C@H]1O[C@H](C)C(OS(=O)(=O)[O-])C(OSOO[O-])[C@@H]1O[C@H]1OC2(OC[O-])CO[C@@H]1C(C)C2O[C@@H]1OC(COS(=O)(=O)[O-])C(O[C@H]2O[C@H](C(=O)[O-])[C@@H](O[C@H]3O[C@H](COS(=O)(=O)[O-])[C@@H](C)C(C)C3C)C(C)C2C)[C@H](OS(=O)(=O)[O-])C1OS(=O)(=O)[O-]. The molecule has 0 amide bonds. The van der Waals surface area contributed by atoms with E-state index in [0.717, 1.165) is 0 Å². The van der Waals surface area contributed by atoms with Gasteiger partial charge in [0.2, 0.25) is 57.8 Å². The number of ether oxygens (including phenoxy) is 11. The third kappa shape index (κ3) is 18.1. The third-order valence-electron chi connectivity index (χ3n) is 15.0. The Labute approximate surface area is 480 Å². The molecule has 0 spiro atoms. The van der Waals surface area contributed by atoms with E-state index in [4.69, 9.17) is 68.8 Å². The van der Waals surface area contributed by atoms with Crippen LogP contribution in [0.5, 0.6) is 0 Å². The van der Waals surface area contributed by atoms with Crippen LogP contribution in [0.15, 0.2) is 0 Å². The Kier molecular flexibility index (Phi) is 23.9. The Morgan fingerprint density at radius 3 is 1.63 bits per heavy atom. The number of aliphatic carboxylic acids is 1. The number of carboxylic acid groups (broad SMARTS) is 1. The summed E-state index contributed by atoms with van der Waals surface area (Å²) >= 11 is -0.154. The molecule has 7 rings (SSSR count). The highest BCUT2D eigenvalue weighted by atomic mass is 32.3. The molecule has 38 nitrogen and oxygen atoms in total. The van der Waals surface area contributed by atoms with E-state index in [1.54, 1.807) is 27.7 Å². The zero-order valence-corrected chi connectivity index (χ0v) is 49.3. The fourth-order valence-corrected chi connectivity index (χ4v) is 13.0. The van der Waals surface area contributed by atoms with Gasteiger partial charge in [0.15, 0.2) is 43.6 Å². The first kappa shape index (κ1) is 70.6. The topological polar surface area (TPSA) is 548 Å². The van der Waals surface area contributed by atoms with Crippen molar-refractivity contribution in [2.45, 2.75) is 178 Å². The number of carboxylic acids is 1. The summed E-state index contributed by atoms with van der Waals surface area (Å²) in [5.41, 5.74) is 0. The van der Waals surface area contributed by atoms with Gasteiger partial charge in [0.05, 0.1) is 43.6 Å². The van der Waals surface area contributed by atoms with Gasteiger partial charge in [0.25, 0.3) is 0 Å². The normalized spacial score (nSPS) is 42.1. The van der Waals surface area contributed by atoms with Crippen molar-refractivity contribution in [3.8, 4) is 0 Å². The second-order valence-corrected chi connectivity index (χ2v) is 25.6. The number of rotatable bonds is 28. The summed E-state index contributed by atoms with van der Waals surface area (Å²) in [6.45, 7) is 7.07. The number of hydrogen-bond donors (Lipinski definition) is 0. The minimum Gasteiger partial charge on any atom is -0.834 e. The molecule has 2 bridgehead atoms. The molecule has 7 aliphatic heterocycles. The van der Waals surface area contributed by atoms with Crippen molar-refractivity contribution in [1.82, 2.24) is 0 Å². The van der Waals surface area contributed by atoms with Gasteiger partial charge in [-0.2, -0.15) is 0 Å². The molecule has 0 aromatic carbocycles. The first-order valence-corrected chi connectivity index (χ1v) is 32.0. The maximum atomic E-state index is 12.9. The largest absolute Gasteiger partial charge is 0.834 e. The summed E-state index contributed by atoms with van der Waals surface area (Å²) in [5, 5.41) is 39.2. The van der Waals surface area contributed by atoms with Crippen molar-refractivity contribution in [2.24, 2.45) is 35.5 Å². The van der Waals surface area contributed by atoms with Crippen LogP contribution in [0.1, 0.15) is 61.8 Å². The van der Waals surface area contributed by atoms with E-state index in [0.29, 0.717) is 0 Å². The van der Waals surface area contributed by atoms with Crippen LogP contribution in [-0.4, -0.2) is 214 Å². The maximum Gasteiger partial charge on any atom is 0.220 e. The van der Waals surface area contributed by atoms with Crippen LogP contribution in [0.25, 0.3) is 0 Å². The molecule has 7 fully saturated rings. The smallest absolute Gasteiger partial charge is 0.220 e. The zero-order valence-electron chi connectivity index (χ0n) is 44.4. The van der Waals surface area contributed by atoms with E-state index < -0.39 is 231 Å². The zero-order chi connectivity index (χ0) is 62.1. The second kappa shape index (κ2) is 28.1. The first-order chi connectivity index (χ1) is 38.3. The van der Waals surface area contributed by atoms with Gasteiger partial charge in [0, 0.05) is 17.8 Å². The molecular weight excluding hydrogens is 1270 g/mol. The predicted molar refractivity (Wildman–Crippen MR) is 243 cm³/mol. The van der Waals surface area contributed by atoms with Gasteiger partial charge in [-0.3, -0.25) is 30.1 Å². The van der Waals surface area contributed by atoms with Crippen molar-refractivity contribution in [3.05, 3.63) is 0 Å². The lowest BCUT2D eigenvalue weighted by Gasteiger charge is -2.58. The lowest BCUT2D eigenvalue weighted by molar-refractivity contribution is -0.777. The Bertz CT molecular complexity index is 2740. The molecule has 7 heterocycles. The molecule has 0 aliphatic carbocycles. The highest BCUT2D eigenvalue weighted by Crippen LogP contribution is 2.48. The monoisotopic (exact) mass is 1330 g/mol. The summed E-state index contributed by atoms with van der Waals surface area (Å²) < 4.78 is 279. The molecule has 44 heteroatoms. The van der Waals surface area contributed by atoms with E-state index in [-0.39, 0.29) is 24.7 Å². The van der Waals surface area contributed by atoms with Crippen LogP contribution in [-0.2, 0) is 143 Å². The summed E-state index contributed by atoms with van der Waals surface area (Å²) in [4.78, 5) is 12.9. The van der Waals surface area contributed by atoms with E-state index in [2.05, 4.69) is 17.7 Å². The number of carbonyl (C=O) groups is 1. The lowest BCUT2D eigenvalue weighted by atomic mass is 9.78. The van der Waals surface area contributed by atoms with E-state index in [1.165, 1.54) is 27.7 Å². The van der Waals surface area contributed by atoms with Crippen LogP contribution < -0.4 is 15.5 Å². The highest BCUT2D eigenvalue weighted by molar-refractivity contribution is 7.89. The Hall–Kier alpha value is -1.47. The van der Waals surface area contributed by atoms with Crippen LogP contribution in [0, 0.1) is 35.5 Å². The van der Waals surface area contributed by atoms with Crippen LogP contribution in [0.4, 0.5) is 0 Å². The Morgan fingerprint density at radius 2 is 1.07 bits per heavy atom. The van der Waals surface area contributed by atoms with Crippen molar-refractivity contribution >= 4 is 70.3 Å². The average Bonchev–Trinajstić information content (AvgIpc) is 2.94. The molecule has 0 aromatic heterocycles. The Morgan fingerprint density at radius 1 is 0.554 bits per heavy atom. The predicted octanol–water partition coefficient (Wildman–Crippen LogP) is -6.09. The molecule has 0 radical (unpaired) electrons. The van der Waals surface area contributed by atoms with Gasteiger partial charge >= 0.3 is 0 Å². The average molecular weight is 1330 g/mol. The molecule has 7 saturated heterocycles. The molecule has 0 aromatic rings. The van der Waals surface area contributed by atoms with E-state index in [1.807, 2.05) is 0 Å². The first-order valence-electron chi connectivity index (χ1n) is 24.7. The summed E-state index contributed by atoms with van der Waals surface area (Å²) in [5.74, 6) is -9.76. The highest BCUT2D eigenvalue weighted by Gasteiger charge is 2.64. The molecule has 0 saturated carbocycles. The van der Waals surface area contributed by atoms with Crippen molar-refractivity contribution in [1.29, 1.82) is 0 Å². The molecule has 83 heavy (non-hydrogen) atoms. The van der Waals surface area contributed by atoms with Crippen molar-refractivity contribution in [3.63, 3.8) is 0 Å². The number of hydrogen-bond acceptors (Lipinski definition) is 39. The minimum atomic E-state index is -6.23. The van der Waals surface area contributed by atoms with Crippen LogP contribution in [0.2, 0.25) is 0 Å².